The minimum atomic E-state index is -0.898. The molecule has 5 heteroatoms. The van der Waals surface area contributed by atoms with Gasteiger partial charge in [0.05, 0.1) is 11.6 Å². The molecule has 0 spiro atoms. The van der Waals surface area contributed by atoms with Crippen molar-refractivity contribution in [1.29, 1.82) is 0 Å². The summed E-state index contributed by atoms with van der Waals surface area (Å²) in [6.07, 6.45) is 5.08. The molecule has 0 aliphatic rings. The molecule has 118 valence electrons. The molecule has 3 unspecified atom stereocenters. The number of hydrogen-bond acceptors (Lipinski definition) is 3. The van der Waals surface area contributed by atoms with E-state index >= 15 is 0 Å². The topological polar surface area (TPSA) is 74.2 Å². The Labute approximate surface area is 127 Å². The fraction of sp³-hybridized carbons (Fsp3) is 0.625. The van der Waals surface area contributed by atoms with Gasteiger partial charge in [-0.1, -0.05) is 27.2 Å². The fourth-order valence-corrected chi connectivity index (χ4v) is 2.10. The summed E-state index contributed by atoms with van der Waals surface area (Å²) >= 11 is 0. The molecular weight excluding hydrogens is 266 g/mol. The molecule has 1 rings (SSSR count). The van der Waals surface area contributed by atoms with Gasteiger partial charge in [0.1, 0.15) is 0 Å². The lowest BCUT2D eigenvalue weighted by Crippen LogP contribution is -2.48. The van der Waals surface area contributed by atoms with Crippen LogP contribution >= 0.6 is 0 Å². The first-order valence-corrected chi connectivity index (χ1v) is 7.57. The second-order valence-electron chi connectivity index (χ2n) is 5.73. The number of nitrogens with zero attached hydrogens (tertiary/aromatic N) is 1. The first-order valence-electron chi connectivity index (χ1n) is 7.57. The largest absolute Gasteiger partial charge is 0.388 e. The summed E-state index contributed by atoms with van der Waals surface area (Å²) in [6.45, 7) is 8.00. The molecule has 0 aliphatic carbocycles. The second-order valence-corrected chi connectivity index (χ2v) is 5.73. The number of nitrogens with one attached hydrogen (secondary N) is 2. The Morgan fingerprint density at radius 1 is 1.33 bits per heavy atom. The van der Waals surface area contributed by atoms with Crippen molar-refractivity contribution in [2.75, 3.05) is 6.54 Å². The van der Waals surface area contributed by atoms with Gasteiger partial charge in [0.15, 0.2) is 0 Å². The van der Waals surface area contributed by atoms with Crippen molar-refractivity contribution >= 4 is 6.03 Å². The third-order valence-corrected chi connectivity index (χ3v) is 4.10. The van der Waals surface area contributed by atoms with E-state index in [0.29, 0.717) is 0 Å². The Kier molecular flexibility index (Phi) is 6.62. The zero-order valence-corrected chi connectivity index (χ0v) is 13.4. The van der Waals surface area contributed by atoms with Crippen LogP contribution in [-0.2, 0) is 0 Å². The lowest BCUT2D eigenvalue weighted by atomic mass is 9.89. The van der Waals surface area contributed by atoms with Crippen LogP contribution in [0.15, 0.2) is 24.5 Å². The molecule has 0 saturated carbocycles. The van der Waals surface area contributed by atoms with Gasteiger partial charge in [-0.15, -0.1) is 0 Å². The second kappa shape index (κ2) is 7.98. The monoisotopic (exact) mass is 293 g/mol. The Morgan fingerprint density at radius 3 is 2.48 bits per heavy atom. The van der Waals surface area contributed by atoms with Crippen molar-refractivity contribution in [2.45, 2.75) is 52.2 Å². The summed E-state index contributed by atoms with van der Waals surface area (Å²) in [4.78, 5) is 16.0. The molecule has 1 aromatic rings. The van der Waals surface area contributed by atoms with Crippen LogP contribution in [-0.4, -0.2) is 28.3 Å². The molecule has 0 radical (unpaired) electrons. The summed E-state index contributed by atoms with van der Waals surface area (Å²) in [6, 6.07) is 3.47. The molecule has 0 bridgehead atoms. The highest BCUT2D eigenvalue weighted by atomic mass is 16.3. The van der Waals surface area contributed by atoms with E-state index in [9.17, 15) is 9.90 Å². The molecule has 1 heterocycles. The number of pyridine rings is 1. The van der Waals surface area contributed by atoms with Crippen molar-refractivity contribution in [1.82, 2.24) is 15.6 Å². The van der Waals surface area contributed by atoms with Gasteiger partial charge in [0, 0.05) is 18.9 Å². The van der Waals surface area contributed by atoms with Crippen LogP contribution in [0, 0.1) is 5.92 Å². The van der Waals surface area contributed by atoms with Crippen LogP contribution in [0.25, 0.3) is 0 Å². The highest BCUT2D eigenvalue weighted by molar-refractivity contribution is 5.74. The van der Waals surface area contributed by atoms with Gasteiger partial charge < -0.3 is 15.7 Å². The Balaban J connectivity index is 2.53. The van der Waals surface area contributed by atoms with E-state index in [0.717, 1.165) is 18.4 Å². The number of amides is 2. The molecule has 21 heavy (non-hydrogen) atoms. The first-order chi connectivity index (χ1) is 9.90. The van der Waals surface area contributed by atoms with Crippen molar-refractivity contribution in [2.24, 2.45) is 5.92 Å². The highest BCUT2D eigenvalue weighted by Gasteiger charge is 2.27. The van der Waals surface area contributed by atoms with Crippen molar-refractivity contribution < 1.29 is 9.90 Å². The predicted molar refractivity (Wildman–Crippen MR) is 83.9 cm³/mol. The summed E-state index contributed by atoms with van der Waals surface area (Å²) < 4.78 is 0. The summed E-state index contributed by atoms with van der Waals surface area (Å²) in [5.74, 6) is 0.125. The van der Waals surface area contributed by atoms with E-state index < -0.39 is 5.60 Å². The molecule has 5 nitrogen and oxygen atoms in total. The summed E-state index contributed by atoms with van der Waals surface area (Å²) in [7, 11) is 0. The molecule has 3 atom stereocenters. The lowest BCUT2D eigenvalue weighted by Gasteiger charge is -2.30. The fourth-order valence-electron chi connectivity index (χ4n) is 2.10. The minimum Gasteiger partial charge on any atom is -0.388 e. The molecule has 1 aromatic heterocycles. The highest BCUT2D eigenvalue weighted by Crippen LogP contribution is 2.19. The molecule has 2 amide bonds. The van der Waals surface area contributed by atoms with E-state index in [4.69, 9.17) is 0 Å². The number of carbonyl (C=O) groups is 1. The van der Waals surface area contributed by atoms with Gasteiger partial charge in [0.25, 0.3) is 0 Å². The van der Waals surface area contributed by atoms with Gasteiger partial charge in [0.2, 0.25) is 0 Å². The SMILES string of the molecule is CCC(NC(=O)NCC(C)(O)C(C)CC)c1ccncc1. The zero-order chi connectivity index (χ0) is 15.9. The Hall–Kier alpha value is -1.62. The number of aromatic nitrogens is 1. The summed E-state index contributed by atoms with van der Waals surface area (Å²) in [5, 5.41) is 16.0. The van der Waals surface area contributed by atoms with Crippen LogP contribution in [0.3, 0.4) is 0 Å². The lowest BCUT2D eigenvalue weighted by molar-refractivity contribution is 0.00783. The first kappa shape index (κ1) is 17.4. The minimum absolute atomic E-state index is 0.0541. The average molecular weight is 293 g/mol. The number of aliphatic hydroxyl groups is 1. The van der Waals surface area contributed by atoms with Crippen LogP contribution in [0.5, 0.6) is 0 Å². The molecule has 0 aliphatic heterocycles. The maximum Gasteiger partial charge on any atom is 0.315 e. The molecule has 0 aromatic carbocycles. The maximum atomic E-state index is 12.0. The van der Waals surface area contributed by atoms with Gasteiger partial charge in [-0.3, -0.25) is 4.98 Å². The van der Waals surface area contributed by atoms with Crippen molar-refractivity contribution in [3.63, 3.8) is 0 Å². The van der Waals surface area contributed by atoms with Crippen LogP contribution in [0.4, 0.5) is 4.79 Å². The molecule has 0 saturated heterocycles. The smallest absolute Gasteiger partial charge is 0.315 e. The van der Waals surface area contributed by atoms with Crippen molar-refractivity contribution in [3.05, 3.63) is 30.1 Å². The number of hydrogen-bond donors (Lipinski definition) is 3. The zero-order valence-electron chi connectivity index (χ0n) is 13.4. The van der Waals surface area contributed by atoms with Gasteiger partial charge in [-0.25, -0.2) is 4.79 Å². The quantitative estimate of drug-likeness (QED) is 0.723. The third kappa shape index (κ3) is 5.34. The van der Waals surface area contributed by atoms with E-state index in [1.54, 1.807) is 19.3 Å². The average Bonchev–Trinajstić information content (AvgIpc) is 2.50. The predicted octanol–water partition coefficient (Wildman–Crippen LogP) is 2.63. The third-order valence-electron chi connectivity index (χ3n) is 4.10. The van der Waals surface area contributed by atoms with E-state index in [1.165, 1.54) is 0 Å². The van der Waals surface area contributed by atoms with E-state index in [-0.39, 0.29) is 24.5 Å². The van der Waals surface area contributed by atoms with Gasteiger partial charge >= 0.3 is 6.03 Å². The number of rotatable bonds is 7. The number of carbonyl (C=O) groups excluding carboxylic acids is 1. The van der Waals surface area contributed by atoms with Gasteiger partial charge in [-0.05, 0) is 37.0 Å². The Bertz CT molecular complexity index is 434. The standard InChI is InChI=1S/C16H27N3O2/c1-5-12(3)16(4,21)11-18-15(20)19-14(6-2)13-7-9-17-10-8-13/h7-10,12,14,21H,5-6,11H2,1-4H3,(H2,18,19,20). The van der Waals surface area contributed by atoms with E-state index in [2.05, 4.69) is 15.6 Å². The van der Waals surface area contributed by atoms with Crippen LogP contribution in [0.1, 0.15) is 52.1 Å². The van der Waals surface area contributed by atoms with E-state index in [1.807, 2.05) is 32.9 Å². The normalized spacial score (nSPS) is 16.6. The van der Waals surface area contributed by atoms with Crippen LogP contribution in [0.2, 0.25) is 0 Å². The molecule has 0 fully saturated rings. The van der Waals surface area contributed by atoms with Gasteiger partial charge in [-0.2, -0.15) is 0 Å². The molecule has 3 N–H and O–H groups in total. The summed E-state index contributed by atoms with van der Waals surface area (Å²) in [5.41, 5.74) is 0.126. The molecular formula is C16H27N3O2. The Morgan fingerprint density at radius 2 is 1.95 bits per heavy atom. The number of urea groups is 1. The maximum absolute atomic E-state index is 12.0. The van der Waals surface area contributed by atoms with Crippen molar-refractivity contribution in [3.8, 4) is 0 Å². The van der Waals surface area contributed by atoms with Crippen LogP contribution < -0.4 is 10.6 Å².